The number of fused-ring (bicyclic) bond motifs is 1. The van der Waals surface area contributed by atoms with E-state index in [1.54, 1.807) is 0 Å². The second-order valence-electron chi connectivity index (χ2n) is 5.73. The fraction of sp³-hybridized carbons (Fsp3) is 0.733. The predicted octanol–water partition coefficient (Wildman–Crippen LogP) is 4.34. The molecule has 15 heavy (non-hydrogen) atoms. The first-order valence-electron chi connectivity index (χ1n) is 6.78. The Morgan fingerprint density at radius 3 is 1.87 bits per heavy atom. The second kappa shape index (κ2) is 4.15. The lowest BCUT2D eigenvalue weighted by atomic mass is 9.79. The summed E-state index contributed by atoms with van der Waals surface area (Å²) in [6.07, 6.45) is 19.9. The highest BCUT2D eigenvalue weighted by Crippen LogP contribution is 2.46. The zero-order chi connectivity index (χ0) is 10.1. The minimum atomic E-state index is 0.891. The van der Waals surface area contributed by atoms with Gasteiger partial charge in [-0.15, -0.1) is 0 Å². The van der Waals surface area contributed by atoms with Crippen molar-refractivity contribution in [2.45, 2.75) is 44.9 Å². The van der Waals surface area contributed by atoms with Gasteiger partial charge in [0.25, 0.3) is 0 Å². The van der Waals surface area contributed by atoms with Crippen molar-refractivity contribution in [2.75, 3.05) is 0 Å². The van der Waals surface area contributed by atoms with E-state index in [2.05, 4.69) is 24.3 Å². The van der Waals surface area contributed by atoms with Crippen molar-refractivity contribution in [3.05, 3.63) is 24.3 Å². The van der Waals surface area contributed by atoms with E-state index in [-0.39, 0.29) is 0 Å². The normalized spacial score (nSPS) is 40.7. The molecule has 0 aliphatic heterocycles. The van der Waals surface area contributed by atoms with Gasteiger partial charge in [0, 0.05) is 0 Å². The van der Waals surface area contributed by atoms with Crippen LogP contribution in [0.25, 0.3) is 0 Å². The van der Waals surface area contributed by atoms with Crippen LogP contribution in [0.4, 0.5) is 0 Å². The molecule has 0 aromatic carbocycles. The molecule has 2 saturated carbocycles. The van der Waals surface area contributed by atoms with Crippen LogP contribution < -0.4 is 0 Å². The van der Waals surface area contributed by atoms with Crippen molar-refractivity contribution in [1.82, 2.24) is 0 Å². The molecular formula is C15H22. The van der Waals surface area contributed by atoms with E-state index >= 15 is 0 Å². The van der Waals surface area contributed by atoms with E-state index in [4.69, 9.17) is 0 Å². The van der Waals surface area contributed by atoms with Gasteiger partial charge in [-0.25, -0.2) is 0 Å². The monoisotopic (exact) mass is 202 g/mol. The summed E-state index contributed by atoms with van der Waals surface area (Å²) < 4.78 is 0. The third-order valence-electron chi connectivity index (χ3n) is 4.84. The summed E-state index contributed by atoms with van der Waals surface area (Å²) in [6, 6.07) is 0. The maximum atomic E-state index is 2.45. The largest absolute Gasteiger partial charge is 0.0808 e. The zero-order valence-electron chi connectivity index (χ0n) is 9.57. The van der Waals surface area contributed by atoms with Crippen molar-refractivity contribution in [2.24, 2.45) is 23.7 Å². The number of hydrogen-bond donors (Lipinski definition) is 0. The lowest BCUT2D eigenvalue weighted by molar-refractivity contribution is 0.247. The quantitative estimate of drug-likeness (QED) is 0.593. The zero-order valence-corrected chi connectivity index (χ0v) is 9.57. The molecule has 0 aromatic rings. The van der Waals surface area contributed by atoms with E-state index in [1.165, 1.54) is 44.9 Å². The molecule has 3 aliphatic carbocycles. The van der Waals surface area contributed by atoms with Gasteiger partial charge < -0.3 is 0 Å². The fourth-order valence-corrected chi connectivity index (χ4v) is 3.99. The van der Waals surface area contributed by atoms with Crippen molar-refractivity contribution in [1.29, 1.82) is 0 Å². The third-order valence-corrected chi connectivity index (χ3v) is 4.84. The van der Waals surface area contributed by atoms with Gasteiger partial charge in [-0.3, -0.25) is 0 Å². The smallest absolute Gasteiger partial charge is 0.0164 e. The first kappa shape index (κ1) is 9.69. The molecule has 0 bridgehead atoms. The molecule has 3 rings (SSSR count). The second-order valence-corrected chi connectivity index (χ2v) is 5.73. The molecule has 0 amide bonds. The third kappa shape index (κ3) is 1.91. The molecule has 2 fully saturated rings. The molecule has 2 unspecified atom stereocenters. The van der Waals surface area contributed by atoms with Crippen LogP contribution in [0.1, 0.15) is 44.9 Å². The van der Waals surface area contributed by atoms with E-state index < -0.39 is 0 Å². The number of rotatable bonds is 1. The minimum absolute atomic E-state index is 0.891. The van der Waals surface area contributed by atoms with E-state index in [9.17, 15) is 0 Å². The van der Waals surface area contributed by atoms with Crippen LogP contribution in [-0.4, -0.2) is 0 Å². The van der Waals surface area contributed by atoms with Crippen LogP contribution in [0, 0.1) is 23.7 Å². The first-order chi connectivity index (χ1) is 7.43. The van der Waals surface area contributed by atoms with Crippen LogP contribution in [0.15, 0.2) is 24.3 Å². The Balaban J connectivity index is 1.64. The van der Waals surface area contributed by atoms with Gasteiger partial charge in [-0.05, 0) is 36.5 Å². The van der Waals surface area contributed by atoms with Crippen LogP contribution in [0.5, 0.6) is 0 Å². The van der Waals surface area contributed by atoms with Gasteiger partial charge in [0.05, 0.1) is 0 Å². The standard InChI is InChI=1S/C15H22/c1-2-6-12(7-3-1)15-10-13-8-4-5-9-14(13)11-15/h4-5,8-9,12-15H,1-3,6-7,10-11H2. The summed E-state index contributed by atoms with van der Waals surface area (Å²) in [6.45, 7) is 0. The average molecular weight is 202 g/mol. The van der Waals surface area contributed by atoms with Gasteiger partial charge in [-0.2, -0.15) is 0 Å². The van der Waals surface area contributed by atoms with Crippen LogP contribution >= 0.6 is 0 Å². The van der Waals surface area contributed by atoms with Crippen molar-refractivity contribution in [3.8, 4) is 0 Å². The molecule has 0 nitrogen and oxygen atoms in total. The molecule has 2 atom stereocenters. The van der Waals surface area contributed by atoms with Crippen LogP contribution in [0.3, 0.4) is 0 Å². The molecular weight excluding hydrogens is 180 g/mol. The average Bonchev–Trinajstić information content (AvgIpc) is 2.74. The van der Waals surface area contributed by atoms with Gasteiger partial charge in [-0.1, -0.05) is 56.4 Å². The molecule has 0 aromatic heterocycles. The topological polar surface area (TPSA) is 0 Å². The Hall–Kier alpha value is -0.520. The Morgan fingerprint density at radius 1 is 0.667 bits per heavy atom. The lowest BCUT2D eigenvalue weighted by Crippen LogP contribution is -2.15. The summed E-state index contributed by atoms with van der Waals surface area (Å²) in [7, 11) is 0. The van der Waals surface area contributed by atoms with E-state index in [0.29, 0.717) is 0 Å². The molecule has 0 saturated heterocycles. The molecule has 82 valence electrons. The first-order valence-corrected chi connectivity index (χ1v) is 6.78. The lowest BCUT2D eigenvalue weighted by Gasteiger charge is -2.27. The summed E-state index contributed by atoms with van der Waals surface area (Å²) in [5, 5.41) is 0. The minimum Gasteiger partial charge on any atom is -0.0808 e. The van der Waals surface area contributed by atoms with Gasteiger partial charge in [0.15, 0.2) is 0 Å². The van der Waals surface area contributed by atoms with E-state index in [0.717, 1.165) is 23.7 Å². The number of hydrogen-bond acceptors (Lipinski definition) is 0. The molecule has 0 spiro atoms. The van der Waals surface area contributed by atoms with Gasteiger partial charge in [0.2, 0.25) is 0 Å². The molecule has 0 heterocycles. The highest BCUT2D eigenvalue weighted by molar-refractivity contribution is 5.17. The van der Waals surface area contributed by atoms with Crippen molar-refractivity contribution < 1.29 is 0 Å². The Kier molecular flexibility index (Phi) is 2.68. The van der Waals surface area contributed by atoms with Crippen molar-refractivity contribution >= 4 is 0 Å². The Bertz CT molecular complexity index is 248. The summed E-state index contributed by atoms with van der Waals surface area (Å²) >= 11 is 0. The maximum Gasteiger partial charge on any atom is -0.0164 e. The van der Waals surface area contributed by atoms with Crippen LogP contribution in [0.2, 0.25) is 0 Å². The molecule has 0 heteroatoms. The molecule has 0 N–H and O–H groups in total. The predicted molar refractivity (Wildman–Crippen MR) is 64.6 cm³/mol. The maximum absolute atomic E-state index is 2.45. The van der Waals surface area contributed by atoms with Crippen LogP contribution in [-0.2, 0) is 0 Å². The highest BCUT2D eigenvalue weighted by Gasteiger charge is 2.36. The Labute approximate surface area is 93.5 Å². The summed E-state index contributed by atoms with van der Waals surface area (Å²) in [5.74, 6) is 3.91. The molecule has 3 aliphatic rings. The highest BCUT2D eigenvalue weighted by atomic mass is 14.4. The summed E-state index contributed by atoms with van der Waals surface area (Å²) in [4.78, 5) is 0. The van der Waals surface area contributed by atoms with Gasteiger partial charge >= 0.3 is 0 Å². The molecule has 0 radical (unpaired) electrons. The SMILES string of the molecule is C1=CC2CC(C3CCCCC3)CC2C=C1. The van der Waals surface area contributed by atoms with Crippen molar-refractivity contribution in [3.63, 3.8) is 0 Å². The Morgan fingerprint density at radius 2 is 1.27 bits per heavy atom. The summed E-state index contributed by atoms with van der Waals surface area (Å²) in [5.41, 5.74) is 0. The number of allylic oxidation sites excluding steroid dienone is 4. The fourth-order valence-electron chi connectivity index (χ4n) is 3.99. The van der Waals surface area contributed by atoms with E-state index in [1.807, 2.05) is 0 Å². The van der Waals surface area contributed by atoms with Gasteiger partial charge in [0.1, 0.15) is 0 Å².